The molecule has 0 saturated heterocycles. The molecule has 0 spiro atoms. The van der Waals surface area contributed by atoms with E-state index in [-0.39, 0.29) is 0 Å². The van der Waals surface area contributed by atoms with E-state index in [0.717, 1.165) is 24.7 Å². The third kappa shape index (κ3) is 2.78. The second-order valence-corrected chi connectivity index (χ2v) is 4.53. The molecule has 1 saturated carbocycles. The van der Waals surface area contributed by atoms with Gasteiger partial charge in [0.2, 0.25) is 0 Å². The zero-order valence-electron chi connectivity index (χ0n) is 8.71. The van der Waals surface area contributed by atoms with Crippen molar-refractivity contribution < 1.29 is 4.74 Å². The molecule has 3 heteroatoms. The number of nitrogens with two attached hydrogens (primary N) is 1. The van der Waals surface area contributed by atoms with Crippen LogP contribution in [0.5, 0.6) is 5.75 Å². The number of hydrogen-bond donors (Lipinski definition) is 1. The summed E-state index contributed by atoms with van der Waals surface area (Å²) in [5, 5.41) is 0.601. The first-order chi connectivity index (χ1) is 7.25. The average Bonchev–Trinajstić information content (AvgIpc) is 2.12. The van der Waals surface area contributed by atoms with E-state index in [4.69, 9.17) is 22.1 Å². The van der Waals surface area contributed by atoms with Crippen LogP contribution >= 0.6 is 11.6 Å². The van der Waals surface area contributed by atoms with E-state index < -0.39 is 0 Å². The van der Waals surface area contributed by atoms with Crippen LogP contribution < -0.4 is 10.5 Å². The van der Waals surface area contributed by atoms with Crippen molar-refractivity contribution in [1.82, 2.24) is 0 Å². The van der Waals surface area contributed by atoms with E-state index >= 15 is 0 Å². The smallest absolute Gasteiger partial charge is 0.138 e. The Hall–Kier alpha value is -0.890. The molecule has 0 heterocycles. The van der Waals surface area contributed by atoms with Gasteiger partial charge in [-0.3, -0.25) is 0 Å². The van der Waals surface area contributed by atoms with Crippen LogP contribution in [0, 0.1) is 5.92 Å². The molecule has 1 aromatic carbocycles. The number of hydrogen-bond acceptors (Lipinski definition) is 2. The van der Waals surface area contributed by atoms with Gasteiger partial charge in [0.15, 0.2) is 0 Å². The lowest BCUT2D eigenvalue weighted by Gasteiger charge is -2.25. The minimum Gasteiger partial charge on any atom is -0.492 e. The highest BCUT2D eigenvalue weighted by atomic mass is 35.5. The van der Waals surface area contributed by atoms with Gasteiger partial charge in [-0.25, -0.2) is 0 Å². The highest BCUT2D eigenvalue weighted by Gasteiger charge is 2.17. The summed E-state index contributed by atoms with van der Waals surface area (Å²) in [4.78, 5) is 0. The topological polar surface area (TPSA) is 35.2 Å². The molecule has 0 aromatic heterocycles. The van der Waals surface area contributed by atoms with Gasteiger partial charge < -0.3 is 10.5 Å². The number of nitrogen functional groups attached to an aromatic ring is 1. The fourth-order valence-corrected chi connectivity index (χ4v) is 1.99. The van der Waals surface area contributed by atoms with Crippen LogP contribution in [-0.2, 0) is 0 Å². The molecule has 2 rings (SSSR count). The zero-order valence-corrected chi connectivity index (χ0v) is 9.46. The van der Waals surface area contributed by atoms with Gasteiger partial charge in [-0.15, -0.1) is 0 Å². The Morgan fingerprint density at radius 2 is 2.20 bits per heavy atom. The average molecular weight is 226 g/mol. The molecule has 1 aliphatic carbocycles. The second-order valence-electron chi connectivity index (χ2n) is 4.12. The van der Waals surface area contributed by atoms with E-state index in [9.17, 15) is 0 Å². The molecule has 0 amide bonds. The van der Waals surface area contributed by atoms with Crippen LogP contribution in [0.2, 0.25) is 5.02 Å². The molecular formula is C12H16ClNO. The summed E-state index contributed by atoms with van der Waals surface area (Å²) in [5.41, 5.74) is 6.27. The van der Waals surface area contributed by atoms with Crippen molar-refractivity contribution >= 4 is 17.3 Å². The molecule has 0 unspecified atom stereocenters. The lowest BCUT2D eigenvalue weighted by atomic mass is 9.83. The predicted molar refractivity (Wildman–Crippen MR) is 63.3 cm³/mol. The number of anilines is 1. The monoisotopic (exact) mass is 225 g/mol. The molecular weight excluding hydrogens is 210 g/mol. The minimum atomic E-state index is 0.601. The summed E-state index contributed by atoms with van der Waals surface area (Å²) in [6.07, 6.45) is 5.24. The SMILES string of the molecule is Nc1ccc(OCCC2CCC2)c(Cl)c1. The Morgan fingerprint density at radius 1 is 1.40 bits per heavy atom. The highest BCUT2D eigenvalue weighted by Crippen LogP contribution is 2.30. The summed E-state index contributed by atoms with van der Waals surface area (Å²) in [5.74, 6) is 1.61. The van der Waals surface area contributed by atoms with Gasteiger partial charge in [-0.2, -0.15) is 0 Å². The maximum atomic E-state index is 5.99. The van der Waals surface area contributed by atoms with Crippen molar-refractivity contribution in [3.05, 3.63) is 23.2 Å². The number of halogens is 1. The maximum absolute atomic E-state index is 5.99. The fraction of sp³-hybridized carbons (Fsp3) is 0.500. The van der Waals surface area contributed by atoms with E-state index in [0.29, 0.717) is 10.7 Å². The summed E-state index contributed by atoms with van der Waals surface area (Å²) < 4.78 is 5.61. The third-order valence-electron chi connectivity index (χ3n) is 2.96. The largest absolute Gasteiger partial charge is 0.492 e. The van der Waals surface area contributed by atoms with E-state index in [2.05, 4.69) is 0 Å². The predicted octanol–water partition coefficient (Wildman–Crippen LogP) is 3.49. The lowest BCUT2D eigenvalue weighted by Crippen LogP contribution is -2.14. The van der Waals surface area contributed by atoms with Crippen LogP contribution in [0.4, 0.5) is 5.69 Å². The van der Waals surface area contributed by atoms with Crippen molar-refractivity contribution in [2.75, 3.05) is 12.3 Å². The number of rotatable bonds is 4. The van der Waals surface area contributed by atoms with Gasteiger partial charge in [-0.1, -0.05) is 30.9 Å². The zero-order chi connectivity index (χ0) is 10.7. The molecule has 0 radical (unpaired) electrons. The molecule has 1 fully saturated rings. The van der Waals surface area contributed by atoms with Gasteiger partial charge in [0.25, 0.3) is 0 Å². The molecule has 0 atom stereocenters. The number of benzene rings is 1. The summed E-state index contributed by atoms with van der Waals surface area (Å²) in [6.45, 7) is 0.758. The summed E-state index contributed by atoms with van der Waals surface area (Å²) >= 11 is 5.99. The van der Waals surface area contributed by atoms with E-state index in [1.807, 2.05) is 12.1 Å². The molecule has 0 aliphatic heterocycles. The standard InChI is InChI=1S/C12H16ClNO/c13-11-8-10(14)4-5-12(11)15-7-6-9-2-1-3-9/h4-5,8-9H,1-3,6-7,14H2. The number of ether oxygens (including phenoxy) is 1. The quantitative estimate of drug-likeness (QED) is 0.797. The van der Waals surface area contributed by atoms with E-state index in [1.54, 1.807) is 6.07 Å². The fourth-order valence-electron chi connectivity index (χ4n) is 1.75. The minimum absolute atomic E-state index is 0.601. The van der Waals surface area contributed by atoms with Crippen LogP contribution in [0.15, 0.2) is 18.2 Å². The first kappa shape index (κ1) is 10.6. The lowest BCUT2D eigenvalue weighted by molar-refractivity contribution is 0.222. The second kappa shape index (κ2) is 4.75. The van der Waals surface area contributed by atoms with Gasteiger partial charge in [-0.05, 0) is 30.5 Å². The molecule has 2 N–H and O–H groups in total. The van der Waals surface area contributed by atoms with Crippen LogP contribution in [0.25, 0.3) is 0 Å². The first-order valence-corrected chi connectivity index (χ1v) is 5.81. The molecule has 1 aliphatic rings. The Bertz CT molecular complexity index is 336. The molecule has 0 bridgehead atoms. The first-order valence-electron chi connectivity index (χ1n) is 5.43. The molecule has 15 heavy (non-hydrogen) atoms. The Labute approximate surface area is 95.4 Å². The van der Waals surface area contributed by atoms with E-state index in [1.165, 1.54) is 19.3 Å². The van der Waals surface area contributed by atoms with Crippen molar-refractivity contribution in [3.8, 4) is 5.75 Å². The van der Waals surface area contributed by atoms with Gasteiger partial charge in [0.1, 0.15) is 5.75 Å². The molecule has 82 valence electrons. The van der Waals surface area contributed by atoms with Gasteiger partial charge >= 0.3 is 0 Å². The normalized spacial score (nSPS) is 16.1. The van der Waals surface area contributed by atoms with Gasteiger partial charge in [0.05, 0.1) is 11.6 Å². The third-order valence-corrected chi connectivity index (χ3v) is 3.26. The Balaban J connectivity index is 1.81. The van der Waals surface area contributed by atoms with Crippen LogP contribution in [0.3, 0.4) is 0 Å². The summed E-state index contributed by atoms with van der Waals surface area (Å²) in [6, 6.07) is 5.36. The highest BCUT2D eigenvalue weighted by molar-refractivity contribution is 6.32. The van der Waals surface area contributed by atoms with Crippen LogP contribution in [0.1, 0.15) is 25.7 Å². The Morgan fingerprint density at radius 3 is 2.80 bits per heavy atom. The Kier molecular flexibility index (Phi) is 3.37. The summed E-state index contributed by atoms with van der Waals surface area (Å²) in [7, 11) is 0. The van der Waals surface area contributed by atoms with Crippen molar-refractivity contribution in [3.63, 3.8) is 0 Å². The van der Waals surface area contributed by atoms with Crippen molar-refractivity contribution in [2.45, 2.75) is 25.7 Å². The van der Waals surface area contributed by atoms with Crippen LogP contribution in [-0.4, -0.2) is 6.61 Å². The van der Waals surface area contributed by atoms with Crippen molar-refractivity contribution in [1.29, 1.82) is 0 Å². The van der Waals surface area contributed by atoms with Crippen molar-refractivity contribution in [2.24, 2.45) is 5.92 Å². The molecule has 2 nitrogen and oxygen atoms in total. The maximum Gasteiger partial charge on any atom is 0.138 e. The molecule has 1 aromatic rings. The van der Waals surface area contributed by atoms with Gasteiger partial charge in [0, 0.05) is 5.69 Å².